The normalized spacial score (nSPS) is 12.6. The van der Waals surface area contributed by atoms with Gasteiger partial charge in [0.15, 0.2) is 12.2 Å². The zero-order valence-electron chi connectivity index (χ0n) is 14.7. The zero-order chi connectivity index (χ0) is 20.6. The van der Waals surface area contributed by atoms with Gasteiger partial charge >= 0.3 is 11.9 Å². The maximum atomic E-state index is 11.4. The van der Waals surface area contributed by atoms with Crippen molar-refractivity contribution < 1.29 is 29.6 Å². The Hall–Kier alpha value is -2.12. The van der Waals surface area contributed by atoms with E-state index in [1.807, 2.05) is 0 Å². The van der Waals surface area contributed by atoms with E-state index < -0.39 is 24.1 Å². The lowest BCUT2D eigenvalue weighted by Crippen LogP contribution is -2.19. The quantitative estimate of drug-likeness (QED) is 0.642. The number of hydrogen-bond acceptors (Lipinski definition) is 5. The van der Waals surface area contributed by atoms with Gasteiger partial charge in [0.1, 0.15) is 0 Å². The highest BCUT2D eigenvalue weighted by Crippen LogP contribution is 2.24. The maximum Gasteiger partial charge on any atom is 0.339 e. The highest BCUT2D eigenvalue weighted by Gasteiger charge is 2.22. The summed E-state index contributed by atoms with van der Waals surface area (Å²) in [7, 11) is 0. The molecule has 0 aliphatic rings. The molecule has 27 heavy (non-hydrogen) atoms. The van der Waals surface area contributed by atoms with Crippen LogP contribution in [0, 0.1) is 0 Å². The van der Waals surface area contributed by atoms with Gasteiger partial charge < -0.3 is 20.1 Å². The number of esters is 1. The van der Waals surface area contributed by atoms with Crippen LogP contribution >= 0.6 is 23.2 Å². The second-order valence-corrected chi connectivity index (χ2v) is 6.49. The Kier molecular flexibility index (Phi) is 9.25. The first-order valence-electron chi connectivity index (χ1n) is 7.93. The predicted molar refractivity (Wildman–Crippen MR) is 102 cm³/mol. The molecule has 2 aromatic rings. The van der Waals surface area contributed by atoms with Crippen molar-refractivity contribution in [1.82, 2.24) is 0 Å². The molecule has 0 radical (unpaired) electrons. The lowest BCUT2D eigenvalue weighted by molar-refractivity contribution is -0.157. The average molecular weight is 415 g/mol. The van der Waals surface area contributed by atoms with Crippen LogP contribution in [0.2, 0.25) is 10.0 Å². The molecule has 0 saturated heterocycles. The van der Waals surface area contributed by atoms with Gasteiger partial charge in [0.05, 0.1) is 6.10 Å². The summed E-state index contributed by atoms with van der Waals surface area (Å²) in [6.07, 6.45) is -3.12. The number of rotatable bonds is 5. The van der Waals surface area contributed by atoms with Crippen LogP contribution in [0.4, 0.5) is 0 Å². The van der Waals surface area contributed by atoms with Crippen molar-refractivity contribution >= 4 is 35.1 Å². The standard InChI is InChI=1S/C11H13ClO3.C8H7ClO3/c1-7(2)15-11(14)10(13)8-5-3-4-6-9(8)12;9-6-4-2-1-3-5(6)7(10)8(11)12/h3-7,10,13H,1-2H3;1-4,7,10H,(H,11,12)/t;7-/m.0/s1. The van der Waals surface area contributed by atoms with Crippen LogP contribution in [-0.2, 0) is 14.3 Å². The number of carbonyl (C=O) groups is 2. The molecule has 0 fully saturated rings. The first-order valence-corrected chi connectivity index (χ1v) is 8.69. The van der Waals surface area contributed by atoms with Crippen LogP contribution in [0.25, 0.3) is 0 Å². The molecule has 0 bridgehead atoms. The number of benzene rings is 2. The molecule has 1 unspecified atom stereocenters. The summed E-state index contributed by atoms with van der Waals surface area (Å²) < 4.78 is 4.87. The molecule has 0 amide bonds. The van der Waals surface area contributed by atoms with Crippen LogP contribution in [0.5, 0.6) is 0 Å². The molecule has 0 aliphatic carbocycles. The van der Waals surface area contributed by atoms with Crippen molar-refractivity contribution in [3.05, 3.63) is 69.7 Å². The van der Waals surface area contributed by atoms with Gasteiger partial charge in [-0.05, 0) is 26.0 Å². The minimum atomic E-state index is -1.54. The lowest BCUT2D eigenvalue weighted by atomic mass is 10.1. The summed E-state index contributed by atoms with van der Waals surface area (Å²) in [5, 5.41) is 27.8. The molecule has 6 nitrogen and oxygen atoms in total. The number of carbonyl (C=O) groups excluding carboxylic acids is 1. The van der Waals surface area contributed by atoms with Gasteiger partial charge in [0.25, 0.3) is 0 Å². The third kappa shape index (κ3) is 7.19. The number of carboxylic acids is 1. The molecule has 0 spiro atoms. The molecular formula is C19H20Cl2O6. The highest BCUT2D eigenvalue weighted by molar-refractivity contribution is 6.31. The van der Waals surface area contributed by atoms with Gasteiger partial charge in [-0.25, -0.2) is 9.59 Å². The van der Waals surface area contributed by atoms with Gasteiger partial charge in [0, 0.05) is 21.2 Å². The molecule has 2 rings (SSSR count). The number of aliphatic hydroxyl groups excluding tert-OH is 2. The van der Waals surface area contributed by atoms with E-state index in [4.69, 9.17) is 38.2 Å². The second-order valence-electron chi connectivity index (χ2n) is 5.67. The number of aliphatic hydroxyl groups is 2. The third-order valence-corrected chi connectivity index (χ3v) is 3.90. The largest absolute Gasteiger partial charge is 0.479 e. The Bertz CT molecular complexity index is 778. The minimum absolute atomic E-state index is 0.215. The van der Waals surface area contributed by atoms with Crippen molar-refractivity contribution in [3.8, 4) is 0 Å². The number of ether oxygens (including phenoxy) is 1. The molecule has 0 aliphatic heterocycles. The molecule has 2 aromatic carbocycles. The van der Waals surface area contributed by atoms with Gasteiger partial charge in [-0.1, -0.05) is 59.6 Å². The summed E-state index contributed by atoms with van der Waals surface area (Å²) >= 11 is 11.5. The topological polar surface area (TPSA) is 104 Å². The SMILES string of the molecule is CC(C)OC(=O)C(O)c1ccccc1Cl.O=C(O)[C@@H](O)c1ccccc1Cl. The average Bonchev–Trinajstić information content (AvgIpc) is 2.61. The van der Waals surface area contributed by atoms with Crippen LogP contribution in [-0.4, -0.2) is 33.4 Å². The number of aliphatic carboxylic acids is 1. The van der Waals surface area contributed by atoms with Crippen molar-refractivity contribution in [1.29, 1.82) is 0 Å². The Morgan fingerprint density at radius 3 is 1.63 bits per heavy atom. The molecule has 3 N–H and O–H groups in total. The highest BCUT2D eigenvalue weighted by atomic mass is 35.5. The molecular weight excluding hydrogens is 395 g/mol. The van der Waals surface area contributed by atoms with Crippen molar-refractivity contribution in [2.45, 2.75) is 32.2 Å². The Morgan fingerprint density at radius 1 is 0.852 bits per heavy atom. The predicted octanol–water partition coefficient (Wildman–Crippen LogP) is 3.78. The van der Waals surface area contributed by atoms with Gasteiger partial charge in [-0.2, -0.15) is 0 Å². The van der Waals surface area contributed by atoms with E-state index in [1.165, 1.54) is 12.1 Å². The monoisotopic (exact) mass is 414 g/mol. The van der Waals surface area contributed by atoms with Crippen LogP contribution in [0.3, 0.4) is 0 Å². The Morgan fingerprint density at radius 2 is 1.26 bits per heavy atom. The summed E-state index contributed by atoms with van der Waals surface area (Å²) in [6, 6.07) is 12.9. The van der Waals surface area contributed by atoms with E-state index in [0.717, 1.165) is 0 Å². The van der Waals surface area contributed by atoms with Crippen molar-refractivity contribution in [2.24, 2.45) is 0 Å². The van der Waals surface area contributed by atoms with E-state index in [-0.39, 0.29) is 16.7 Å². The van der Waals surface area contributed by atoms with Crippen molar-refractivity contribution in [3.63, 3.8) is 0 Å². The fraction of sp³-hybridized carbons (Fsp3) is 0.263. The van der Waals surface area contributed by atoms with E-state index in [9.17, 15) is 14.7 Å². The molecule has 146 valence electrons. The van der Waals surface area contributed by atoms with Crippen LogP contribution < -0.4 is 0 Å². The minimum Gasteiger partial charge on any atom is -0.479 e. The fourth-order valence-corrected chi connectivity index (χ4v) is 2.43. The second kappa shape index (κ2) is 10.9. The number of hydrogen-bond donors (Lipinski definition) is 3. The Labute approximate surface area is 166 Å². The molecule has 8 heteroatoms. The first-order chi connectivity index (χ1) is 12.6. The fourth-order valence-electron chi connectivity index (χ4n) is 1.95. The summed E-state index contributed by atoms with van der Waals surface area (Å²) in [5.41, 5.74) is 0.580. The lowest BCUT2D eigenvalue weighted by Gasteiger charge is -2.14. The van der Waals surface area contributed by atoms with Gasteiger partial charge in [-0.3, -0.25) is 0 Å². The summed E-state index contributed by atoms with van der Waals surface area (Å²) in [4.78, 5) is 21.7. The van der Waals surface area contributed by atoms with Gasteiger partial charge in [0.2, 0.25) is 0 Å². The zero-order valence-corrected chi connectivity index (χ0v) is 16.2. The maximum absolute atomic E-state index is 11.4. The summed E-state index contributed by atoms with van der Waals surface area (Å²) in [6.45, 7) is 3.44. The first kappa shape index (κ1) is 22.9. The van der Waals surface area contributed by atoms with E-state index in [2.05, 4.69) is 0 Å². The molecule has 0 saturated carbocycles. The Balaban J connectivity index is 0.000000277. The van der Waals surface area contributed by atoms with Gasteiger partial charge in [-0.15, -0.1) is 0 Å². The van der Waals surface area contributed by atoms with Crippen LogP contribution in [0.15, 0.2) is 48.5 Å². The smallest absolute Gasteiger partial charge is 0.339 e. The van der Waals surface area contributed by atoms with Crippen LogP contribution in [0.1, 0.15) is 37.2 Å². The molecule has 0 aromatic heterocycles. The molecule has 2 atom stereocenters. The van der Waals surface area contributed by atoms with E-state index >= 15 is 0 Å². The van der Waals surface area contributed by atoms with E-state index in [0.29, 0.717) is 10.6 Å². The molecule has 0 heterocycles. The summed E-state index contributed by atoms with van der Waals surface area (Å²) in [5.74, 6) is -1.98. The number of halogens is 2. The van der Waals surface area contributed by atoms with Crippen molar-refractivity contribution in [2.75, 3.05) is 0 Å². The van der Waals surface area contributed by atoms with E-state index in [1.54, 1.807) is 50.2 Å². The third-order valence-electron chi connectivity index (χ3n) is 3.21. The number of carboxylic acid groups (broad SMARTS) is 1.